The van der Waals surface area contributed by atoms with E-state index in [0.29, 0.717) is 43.4 Å². The molecule has 1 aromatic carbocycles. The minimum atomic E-state index is -0.553. The smallest absolute Gasteiger partial charge is 0.410 e. The van der Waals surface area contributed by atoms with E-state index in [1.807, 2.05) is 27.7 Å². The fourth-order valence-electron chi connectivity index (χ4n) is 3.38. The summed E-state index contributed by atoms with van der Waals surface area (Å²) in [6, 6.07) is 1.48. The number of nitrogens with zero attached hydrogens (tertiary/aromatic N) is 2. The molecule has 1 atom stereocenters. The lowest BCUT2D eigenvalue weighted by Gasteiger charge is -2.42. The minimum absolute atomic E-state index is 0.0698. The summed E-state index contributed by atoms with van der Waals surface area (Å²) in [5, 5.41) is 0.504. The zero-order valence-electron chi connectivity index (χ0n) is 16.0. The van der Waals surface area contributed by atoms with Crippen LogP contribution in [0.3, 0.4) is 0 Å². The summed E-state index contributed by atoms with van der Waals surface area (Å²) in [6.45, 7) is 9.38. The number of carbonyl (C=O) groups excluding carboxylic acids is 2. The molecule has 0 saturated carbocycles. The van der Waals surface area contributed by atoms with Gasteiger partial charge in [-0.1, -0.05) is 11.6 Å². The first-order valence-corrected chi connectivity index (χ1v) is 10.1. The fourth-order valence-corrected chi connectivity index (χ4v) is 3.98. The van der Waals surface area contributed by atoms with Crippen molar-refractivity contribution in [2.45, 2.75) is 45.9 Å². The molecular weight excluding hydrogens is 436 g/mol. The molecule has 2 aliphatic heterocycles. The van der Waals surface area contributed by atoms with E-state index in [1.165, 1.54) is 0 Å². The highest BCUT2D eigenvalue weighted by atomic mass is 79.9. The molecule has 1 aromatic rings. The van der Waals surface area contributed by atoms with Crippen LogP contribution in [0.2, 0.25) is 5.02 Å². The average molecular weight is 460 g/mol. The second-order valence-electron chi connectivity index (χ2n) is 7.92. The van der Waals surface area contributed by atoms with E-state index in [2.05, 4.69) is 15.9 Å². The predicted molar refractivity (Wildman–Crippen MR) is 106 cm³/mol. The number of carbonyl (C=O) groups is 2. The molecule has 2 heterocycles. The molecule has 0 spiro atoms. The predicted octanol–water partition coefficient (Wildman–Crippen LogP) is 4.00. The summed E-state index contributed by atoms with van der Waals surface area (Å²) in [5.41, 5.74) is 1.78. The van der Waals surface area contributed by atoms with Gasteiger partial charge in [-0.3, -0.25) is 4.79 Å². The first-order chi connectivity index (χ1) is 12.6. The molecule has 0 N–H and O–H groups in total. The van der Waals surface area contributed by atoms with Crippen molar-refractivity contribution in [3.05, 3.63) is 32.3 Å². The Morgan fingerprint density at radius 1 is 1.37 bits per heavy atom. The summed E-state index contributed by atoms with van der Waals surface area (Å²) in [7, 11) is 0. The zero-order valence-corrected chi connectivity index (χ0v) is 18.3. The van der Waals surface area contributed by atoms with Crippen LogP contribution in [0.25, 0.3) is 0 Å². The Hall–Kier alpha value is -1.31. The minimum Gasteiger partial charge on any atom is -0.444 e. The number of amides is 2. The van der Waals surface area contributed by atoms with Gasteiger partial charge in [0, 0.05) is 29.7 Å². The second-order valence-corrected chi connectivity index (χ2v) is 9.12. The van der Waals surface area contributed by atoms with Gasteiger partial charge in [-0.25, -0.2) is 4.79 Å². The van der Waals surface area contributed by atoms with Crippen molar-refractivity contribution in [2.24, 2.45) is 0 Å². The van der Waals surface area contributed by atoms with E-state index in [4.69, 9.17) is 21.1 Å². The van der Waals surface area contributed by atoms with Gasteiger partial charge < -0.3 is 19.3 Å². The lowest BCUT2D eigenvalue weighted by Crippen LogP contribution is -2.59. The van der Waals surface area contributed by atoms with E-state index in [-0.39, 0.29) is 18.0 Å². The summed E-state index contributed by atoms with van der Waals surface area (Å²) in [4.78, 5) is 29.0. The van der Waals surface area contributed by atoms with Gasteiger partial charge in [-0.05, 0) is 60.8 Å². The van der Waals surface area contributed by atoms with Crippen molar-refractivity contribution in [2.75, 3.05) is 26.2 Å². The molecule has 0 bridgehead atoms. The van der Waals surface area contributed by atoms with Gasteiger partial charge in [0.15, 0.2) is 0 Å². The maximum absolute atomic E-state index is 13.2. The van der Waals surface area contributed by atoms with Crippen molar-refractivity contribution >= 4 is 39.5 Å². The highest BCUT2D eigenvalue weighted by Crippen LogP contribution is 2.34. The fraction of sp³-hybridized carbons (Fsp3) is 0.579. The summed E-state index contributed by atoms with van der Waals surface area (Å²) in [6.07, 6.45) is -0.361. The molecule has 1 saturated heterocycles. The number of hydrogen-bond acceptors (Lipinski definition) is 4. The molecule has 1 unspecified atom stereocenters. The van der Waals surface area contributed by atoms with E-state index >= 15 is 0 Å². The zero-order chi connectivity index (χ0) is 19.9. The number of ether oxygens (including phenoxy) is 2. The topological polar surface area (TPSA) is 59.1 Å². The van der Waals surface area contributed by atoms with Crippen molar-refractivity contribution in [3.63, 3.8) is 0 Å². The molecule has 0 aromatic heterocycles. The standard InChI is InChI=1S/C19H24BrClN2O4/c1-11-14-10-26-9-12-8-22(18(25)27-19(2,3)4)5-6-23(12)17(24)13(14)7-15(21)16(11)20/h7,12H,5-6,8-10H2,1-4H3. The SMILES string of the molecule is Cc1c(Br)c(Cl)cc2c1COCC1CN(C(=O)OC(C)(C)C)CCN1C2=O. The maximum atomic E-state index is 13.2. The van der Waals surface area contributed by atoms with Crippen LogP contribution in [0.1, 0.15) is 42.3 Å². The second kappa shape index (κ2) is 7.60. The first kappa shape index (κ1) is 20.4. The van der Waals surface area contributed by atoms with Gasteiger partial charge >= 0.3 is 6.09 Å². The van der Waals surface area contributed by atoms with Crippen LogP contribution in [0, 0.1) is 6.92 Å². The summed E-state index contributed by atoms with van der Waals surface area (Å²) >= 11 is 9.75. The molecule has 2 amide bonds. The molecule has 27 heavy (non-hydrogen) atoms. The molecule has 148 valence electrons. The van der Waals surface area contributed by atoms with Crippen LogP contribution >= 0.6 is 27.5 Å². The highest BCUT2D eigenvalue weighted by molar-refractivity contribution is 9.10. The van der Waals surface area contributed by atoms with Crippen molar-refractivity contribution in [3.8, 4) is 0 Å². The van der Waals surface area contributed by atoms with Gasteiger partial charge in [0.1, 0.15) is 5.60 Å². The number of rotatable bonds is 0. The van der Waals surface area contributed by atoms with E-state index in [1.54, 1.807) is 15.9 Å². The highest BCUT2D eigenvalue weighted by Gasteiger charge is 2.37. The third kappa shape index (κ3) is 4.25. The Kier molecular flexibility index (Phi) is 5.75. The number of halogens is 2. The third-order valence-electron chi connectivity index (χ3n) is 4.77. The number of fused-ring (bicyclic) bond motifs is 2. The van der Waals surface area contributed by atoms with Crippen LogP contribution in [0.5, 0.6) is 0 Å². The number of hydrogen-bond donors (Lipinski definition) is 0. The van der Waals surface area contributed by atoms with E-state index in [0.717, 1.165) is 15.6 Å². The quantitative estimate of drug-likeness (QED) is 0.588. The first-order valence-electron chi connectivity index (χ1n) is 8.92. The normalized spacial score (nSPS) is 20.5. The summed E-state index contributed by atoms with van der Waals surface area (Å²) < 4.78 is 12.1. The Morgan fingerprint density at radius 2 is 2.07 bits per heavy atom. The molecule has 6 nitrogen and oxygen atoms in total. The Labute approximate surface area is 172 Å². The van der Waals surface area contributed by atoms with Gasteiger partial charge in [0.2, 0.25) is 0 Å². The third-order valence-corrected chi connectivity index (χ3v) is 6.32. The molecule has 1 fully saturated rings. The lowest BCUT2D eigenvalue weighted by atomic mass is 9.99. The molecule has 3 rings (SSSR count). The van der Waals surface area contributed by atoms with E-state index < -0.39 is 5.60 Å². The van der Waals surface area contributed by atoms with Gasteiger partial charge in [0.25, 0.3) is 5.91 Å². The average Bonchev–Trinajstić information content (AvgIpc) is 2.58. The van der Waals surface area contributed by atoms with Crippen molar-refractivity contribution in [1.29, 1.82) is 0 Å². The van der Waals surface area contributed by atoms with Gasteiger partial charge in [0.05, 0.1) is 24.3 Å². The van der Waals surface area contributed by atoms with Crippen LogP contribution < -0.4 is 0 Å². The molecular formula is C19H24BrClN2O4. The van der Waals surface area contributed by atoms with Crippen molar-refractivity contribution in [1.82, 2.24) is 9.80 Å². The number of benzene rings is 1. The van der Waals surface area contributed by atoms with Crippen molar-refractivity contribution < 1.29 is 19.1 Å². The molecule has 0 aliphatic carbocycles. The van der Waals surface area contributed by atoms with Gasteiger partial charge in [-0.2, -0.15) is 0 Å². The lowest BCUT2D eigenvalue weighted by molar-refractivity contribution is -0.0159. The molecule has 2 aliphatic rings. The van der Waals surface area contributed by atoms with Gasteiger partial charge in [-0.15, -0.1) is 0 Å². The monoisotopic (exact) mass is 458 g/mol. The Bertz CT molecular complexity index is 778. The van der Waals surface area contributed by atoms with Crippen LogP contribution in [-0.2, 0) is 16.1 Å². The number of piperazine rings is 1. The van der Waals surface area contributed by atoms with Crippen LogP contribution in [0.15, 0.2) is 10.5 Å². The van der Waals surface area contributed by atoms with Crippen LogP contribution in [0.4, 0.5) is 4.79 Å². The van der Waals surface area contributed by atoms with E-state index in [9.17, 15) is 9.59 Å². The summed E-state index contributed by atoms with van der Waals surface area (Å²) in [5.74, 6) is -0.0698. The Morgan fingerprint density at radius 3 is 2.74 bits per heavy atom. The van der Waals surface area contributed by atoms with Crippen LogP contribution in [-0.4, -0.2) is 59.7 Å². The largest absolute Gasteiger partial charge is 0.444 e. The molecule has 8 heteroatoms. The maximum Gasteiger partial charge on any atom is 0.410 e. The Balaban J connectivity index is 1.83. The molecule has 0 radical (unpaired) electrons.